The van der Waals surface area contributed by atoms with Crippen LogP contribution in [0.1, 0.15) is 37.8 Å². The van der Waals surface area contributed by atoms with Crippen LogP contribution in [0.2, 0.25) is 0 Å². The van der Waals surface area contributed by atoms with Gasteiger partial charge in [-0.3, -0.25) is 4.98 Å². The number of nitrogen functional groups attached to an aromatic ring is 1. The van der Waals surface area contributed by atoms with Gasteiger partial charge in [-0.15, -0.1) is 0 Å². The first-order chi connectivity index (χ1) is 12.7. The number of hydrogen-bond acceptors (Lipinski definition) is 6. The van der Waals surface area contributed by atoms with Gasteiger partial charge in [-0.1, -0.05) is 37.5 Å². The molecule has 1 aliphatic carbocycles. The minimum atomic E-state index is 0.440. The number of nitrogens with two attached hydrogens (primary N) is 1. The Morgan fingerprint density at radius 3 is 2.65 bits per heavy atom. The summed E-state index contributed by atoms with van der Waals surface area (Å²) in [6.45, 7) is 1.99. The van der Waals surface area contributed by atoms with Crippen molar-refractivity contribution in [1.82, 2.24) is 15.0 Å². The fourth-order valence-corrected chi connectivity index (χ4v) is 3.52. The number of benzene rings is 1. The number of nitrogens with one attached hydrogen (secondary N) is 2. The summed E-state index contributed by atoms with van der Waals surface area (Å²) in [7, 11) is 0. The first-order valence-corrected chi connectivity index (χ1v) is 9.21. The van der Waals surface area contributed by atoms with Gasteiger partial charge >= 0.3 is 0 Å². The lowest BCUT2D eigenvalue weighted by molar-refractivity contribution is 0.462. The predicted molar refractivity (Wildman–Crippen MR) is 107 cm³/mol. The third-order valence-corrected chi connectivity index (χ3v) is 4.94. The van der Waals surface area contributed by atoms with E-state index in [0.29, 0.717) is 23.4 Å². The van der Waals surface area contributed by atoms with Gasteiger partial charge in [0.2, 0.25) is 0 Å². The molecule has 1 aromatic carbocycles. The van der Waals surface area contributed by atoms with Crippen molar-refractivity contribution in [1.29, 1.82) is 0 Å². The van der Waals surface area contributed by atoms with Gasteiger partial charge in [0.1, 0.15) is 12.0 Å². The first-order valence-electron chi connectivity index (χ1n) is 9.21. The summed E-state index contributed by atoms with van der Waals surface area (Å²) in [5.74, 6) is 1.31. The smallest absolute Gasteiger partial charge is 0.159 e. The van der Waals surface area contributed by atoms with Crippen molar-refractivity contribution in [2.24, 2.45) is 0 Å². The molecule has 0 saturated heterocycles. The zero-order valence-corrected chi connectivity index (χ0v) is 15.0. The van der Waals surface area contributed by atoms with E-state index >= 15 is 0 Å². The Morgan fingerprint density at radius 1 is 1.00 bits per heavy atom. The molecule has 1 saturated carbocycles. The number of nitrogens with zero attached hydrogens (tertiary/aromatic N) is 3. The number of fused-ring (bicyclic) bond motifs is 1. The van der Waals surface area contributed by atoms with Crippen molar-refractivity contribution >= 4 is 33.9 Å². The molecule has 1 fully saturated rings. The molecule has 0 unspecified atom stereocenters. The highest BCUT2D eigenvalue weighted by Crippen LogP contribution is 2.31. The van der Waals surface area contributed by atoms with Crippen LogP contribution in [0, 0.1) is 6.92 Å². The van der Waals surface area contributed by atoms with Crippen LogP contribution in [0.5, 0.6) is 0 Å². The molecule has 0 bridgehead atoms. The number of anilines is 4. The summed E-state index contributed by atoms with van der Waals surface area (Å²) in [4.78, 5) is 13.3. The first kappa shape index (κ1) is 16.6. The molecule has 2 aromatic heterocycles. The van der Waals surface area contributed by atoms with Gasteiger partial charge in [0.05, 0.1) is 11.2 Å². The van der Waals surface area contributed by atoms with Crippen molar-refractivity contribution in [2.45, 2.75) is 45.1 Å². The largest absolute Gasteiger partial charge is 0.393 e. The molecule has 0 atom stereocenters. The number of rotatable bonds is 4. The summed E-state index contributed by atoms with van der Waals surface area (Å²) in [6.07, 6.45) is 7.71. The number of hydrogen-bond donors (Lipinski definition) is 3. The molecule has 2 heterocycles. The molecular formula is C20H24N6. The van der Waals surface area contributed by atoms with E-state index in [1.54, 1.807) is 6.33 Å². The molecule has 4 rings (SSSR count). The highest BCUT2D eigenvalue weighted by atomic mass is 15.1. The van der Waals surface area contributed by atoms with E-state index in [1.807, 2.05) is 31.2 Å². The van der Waals surface area contributed by atoms with Crippen molar-refractivity contribution in [3.63, 3.8) is 0 Å². The lowest BCUT2D eigenvalue weighted by atomic mass is 9.95. The number of para-hydroxylation sites is 1. The molecular weight excluding hydrogens is 324 g/mol. The highest BCUT2D eigenvalue weighted by Gasteiger charge is 2.17. The Kier molecular flexibility index (Phi) is 4.56. The normalized spacial score (nSPS) is 15.1. The van der Waals surface area contributed by atoms with Crippen LogP contribution in [-0.2, 0) is 0 Å². The molecule has 6 heteroatoms. The molecule has 0 spiro atoms. The standard InChI is InChI=1S/C20H24N6/c1-13-10-11-14-6-5-9-16(18(14)24-13)26-20-17(21)19(22-12-23-20)25-15-7-3-2-4-8-15/h5-6,9-12,15H,2-4,7-8,21H2,1H3,(H2,22,23,25,26). The van der Waals surface area contributed by atoms with Crippen LogP contribution >= 0.6 is 0 Å². The van der Waals surface area contributed by atoms with Gasteiger partial charge in [-0.25, -0.2) is 9.97 Å². The SMILES string of the molecule is Cc1ccc2cccc(Nc3ncnc(NC4CCCCC4)c3N)c2n1. The van der Waals surface area contributed by atoms with Gasteiger partial charge in [0, 0.05) is 17.1 Å². The molecule has 1 aliphatic rings. The molecule has 4 N–H and O–H groups in total. The van der Waals surface area contributed by atoms with E-state index in [4.69, 9.17) is 5.73 Å². The summed E-state index contributed by atoms with van der Waals surface area (Å²) >= 11 is 0. The Labute approximate surface area is 153 Å². The number of pyridine rings is 1. The van der Waals surface area contributed by atoms with Crippen molar-refractivity contribution in [3.05, 3.63) is 42.4 Å². The van der Waals surface area contributed by atoms with E-state index in [2.05, 4.69) is 31.7 Å². The Hall–Kier alpha value is -2.89. The number of aromatic nitrogens is 3. The van der Waals surface area contributed by atoms with Crippen molar-refractivity contribution in [3.8, 4) is 0 Å². The zero-order valence-electron chi connectivity index (χ0n) is 15.0. The van der Waals surface area contributed by atoms with Crippen LogP contribution in [0.4, 0.5) is 23.0 Å². The van der Waals surface area contributed by atoms with Gasteiger partial charge in [0.15, 0.2) is 11.6 Å². The van der Waals surface area contributed by atoms with Crippen LogP contribution < -0.4 is 16.4 Å². The van der Waals surface area contributed by atoms with Crippen LogP contribution in [0.3, 0.4) is 0 Å². The maximum absolute atomic E-state index is 6.35. The lowest BCUT2D eigenvalue weighted by Crippen LogP contribution is -2.23. The summed E-state index contributed by atoms with van der Waals surface area (Å²) < 4.78 is 0. The van der Waals surface area contributed by atoms with Gasteiger partial charge in [-0.05, 0) is 31.9 Å². The van der Waals surface area contributed by atoms with Crippen LogP contribution in [0.25, 0.3) is 10.9 Å². The summed E-state index contributed by atoms with van der Waals surface area (Å²) in [6, 6.07) is 10.6. The maximum Gasteiger partial charge on any atom is 0.159 e. The van der Waals surface area contributed by atoms with E-state index < -0.39 is 0 Å². The van der Waals surface area contributed by atoms with E-state index in [1.165, 1.54) is 32.1 Å². The second kappa shape index (κ2) is 7.15. The van der Waals surface area contributed by atoms with Crippen molar-refractivity contribution in [2.75, 3.05) is 16.4 Å². The van der Waals surface area contributed by atoms with E-state index in [-0.39, 0.29) is 0 Å². The monoisotopic (exact) mass is 348 g/mol. The Morgan fingerprint density at radius 2 is 1.81 bits per heavy atom. The summed E-state index contributed by atoms with van der Waals surface area (Å²) in [5, 5.41) is 7.91. The molecule has 26 heavy (non-hydrogen) atoms. The molecule has 3 aromatic rings. The van der Waals surface area contributed by atoms with Gasteiger partial charge < -0.3 is 16.4 Å². The molecule has 0 amide bonds. The fourth-order valence-electron chi connectivity index (χ4n) is 3.52. The second-order valence-corrected chi connectivity index (χ2v) is 6.92. The quantitative estimate of drug-likeness (QED) is 0.647. The fraction of sp³-hybridized carbons (Fsp3) is 0.350. The minimum absolute atomic E-state index is 0.440. The summed E-state index contributed by atoms with van der Waals surface area (Å²) in [5.41, 5.74) is 9.67. The molecule has 0 aliphatic heterocycles. The maximum atomic E-state index is 6.35. The Balaban J connectivity index is 1.62. The molecule has 6 nitrogen and oxygen atoms in total. The highest BCUT2D eigenvalue weighted by molar-refractivity contribution is 5.93. The third kappa shape index (κ3) is 3.40. The predicted octanol–water partition coefficient (Wildman–Crippen LogP) is 4.40. The minimum Gasteiger partial charge on any atom is -0.393 e. The number of aryl methyl sites for hydroxylation is 1. The van der Waals surface area contributed by atoms with Gasteiger partial charge in [0.25, 0.3) is 0 Å². The van der Waals surface area contributed by atoms with Crippen LogP contribution in [-0.4, -0.2) is 21.0 Å². The van der Waals surface area contributed by atoms with E-state index in [0.717, 1.165) is 22.3 Å². The van der Waals surface area contributed by atoms with E-state index in [9.17, 15) is 0 Å². The average molecular weight is 348 g/mol. The van der Waals surface area contributed by atoms with Crippen molar-refractivity contribution < 1.29 is 0 Å². The average Bonchev–Trinajstić information content (AvgIpc) is 2.66. The molecule has 0 radical (unpaired) electrons. The topological polar surface area (TPSA) is 88.8 Å². The van der Waals surface area contributed by atoms with Gasteiger partial charge in [-0.2, -0.15) is 0 Å². The second-order valence-electron chi connectivity index (χ2n) is 6.92. The molecule has 134 valence electrons. The lowest BCUT2D eigenvalue weighted by Gasteiger charge is -2.24. The Bertz CT molecular complexity index is 917. The third-order valence-electron chi connectivity index (χ3n) is 4.94. The van der Waals surface area contributed by atoms with Crippen LogP contribution in [0.15, 0.2) is 36.7 Å². The zero-order chi connectivity index (χ0) is 17.9.